The van der Waals surface area contributed by atoms with Crippen LogP contribution in [0.2, 0.25) is 0 Å². The van der Waals surface area contributed by atoms with Crippen molar-refractivity contribution in [1.29, 1.82) is 5.26 Å². The van der Waals surface area contributed by atoms with Gasteiger partial charge in [0, 0.05) is 32.1 Å². The number of nitrogens with zero attached hydrogens (tertiary/aromatic N) is 7. The summed E-state index contributed by atoms with van der Waals surface area (Å²) in [5, 5.41) is 25.7. The number of amides is 1. The van der Waals surface area contributed by atoms with Gasteiger partial charge in [-0.1, -0.05) is 12.6 Å². The van der Waals surface area contributed by atoms with Crippen LogP contribution in [-0.4, -0.2) is 47.5 Å². The van der Waals surface area contributed by atoms with Gasteiger partial charge in [-0.25, -0.2) is 9.67 Å². The largest absolute Gasteiger partial charge is 0.383 e. The third-order valence-corrected chi connectivity index (χ3v) is 4.64. The Bertz CT molecular complexity index is 1200. The van der Waals surface area contributed by atoms with E-state index in [1.807, 2.05) is 13.0 Å². The van der Waals surface area contributed by atoms with Crippen LogP contribution in [-0.2, 0) is 9.53 Å². The zero-order valence-corrected chi connectivity index (χ0v) is 18.6. The molecule has 0 aliphatic heterocycles. The van der Waals surface area contributed by atoms with Crippen molar-refractivity contribution in [2.45, 2.75) is 13.0 Å². The number of benzene rings is 1. The third kappa shape index (κ3) is 5.66. The molecule has 10 nitrogen and oxygen atoms in total. The van der Waals surface area contributed by atoms with Gasteiger partial charge in [-0.2, -0.15) is 5.26 Å². The molecule has 33 heavy (non-hydrogen) atoms. The number of nitriles is 1. The van der Waals surface area contributed by atoms with E-state index in [0.717, 1.165) is 0 Å². The molecule has 0 radical (unpaired) electrons. The van der Waals surface area contributed by atoms with Crippen molar-refractivity contribution in [3.05, 3.63) is 67.0 Å². The number of anilines is 2. The second kappa shape index (κ2) is 10.8. The van der Waals surface area contributed by atoms with E-state index in [0.29, 0.717) is 29.5 Å². The molecule has 0 spiro atoms. The second-order valence-electron chi connectivity index (χ2n) is 7.11. The van der Waals surface area contributed by atoms with Crippen molar-refractivity contribution in [2.24, 2.45) is 10.2 Å². The lowest BCUT2D eigenvalue weighted by Gasteiger charge is -2.20. The Hall–Kier alpha value is -4.36. The summed E-state index contributed by atoms with van der Waals surface area (Å²) in [5.74, 6) is 0.492. The number of hydrogen-bond donors (Lipinski definition) is 1. The molecule has 168 valence electrons. The van der Waals surface area contributed by atoms with E-state index in [4.69, 9.17) is 4.74 Å². The average Bonchev–Trinajstić information content (AvgIpc) is 3.26. The standard InChI is InChI=1S/C23H24N8O2/c1-5-22(32)30(3)18-9-10-19(20(12-18)26-16(2)15-33-4)27-28-23-17(13-24)14-31(29-23)21-8-6-7-11-25-21/h5-12,14,16,26H,1,15H2,2-4H3. The molecule has 0 saturated carbocycles. The van der Waals surface area contributed by atoms with Crippen molar-refractivity contribution in [1.82, 2.24) is 14.8 Å². The first kappa shape index (κ1) is 23.3. The number of methoxy groups -OCH3 is 1. The molecule has 0 bridgehead atoms. The minimum absolute atomic E-state index is 0.0300. The Morgan fingerprint density at radius 2 is 2.21 bits per heavy atom. The first-order valence-electron chi connectivity index (χ1n) is 10.1. The van der Waals surface area contributed by atoms with Crippen LogP contribution in [0.3, 0.4) is 0 Å². The van der Waals surface area contributed by atoms with Gasteiger partial charge < -0.3 is 15.0 Å². The number of rotatable bonds is 9. The zero-order valence-electron chi connectivity index (χ0n) is 18.6. The van der Waals surface area contributed by atoms with Crippen LogP contribution in [0, 0.1) is 11.3 Å². The van der Waals surface area contributed by atoms with Crippen LogP contribution < -0.4 is 10.2 Å². The maximum absolute atomic E-state index is 12.0. The highest BCUT2D eigenvalue weighted by Crippen LogP contribution is 2.32. The van der Waals surface area contributed by atoms with Gasteiger partial charge in [0.05, 0.1) is 18.5 Å². The summed E-state index contributed by atoms with van der Waals surface area (Å²) in [6.45, 7) is 5.95. The van der Waals surface area contributed by atoms with Gasteiger partial charge in [0.25, 0.3) is 0 Å². The molecule has 10 heteroatoms. The molecule has 0 aliphatic carbocycles. The molecular weight excluding hydrogens is 420 g/mol. The maximum atomic E-state index is 12.0. The van der Waals surface area contributed by atoms with Gasteiger partial charge in [-0.3, -0.25) is 4.79 Å². The quantitative estimate of drug-likeness (QED) is 0.391. The topological polar surface area (TPSA) is 121 Å². The molecule has 0 aliphatic rings. The molecule has 1 unspecified atom stereocenters. The number of carbonyl (C=O) groups is 1. The minimum Gasteiger partial charge on any atom is -0.383 e. The Kier molecular flexibility index (Phi) is 7.62. The molecule has 2 heterocycles. The predicted molar refractivity (Wildman–Crippen MR) is 125 cm³/mol. The summed E-state index contributed by atoms with van der Waals surface area (Å²) in [7, 11) is 3.28. The number of azo groups is 1. The summed E-state index contributed by atoms with van der Waals surface area (Å²) in [4.78, 5) is 17.7. The molecule has 3 aromatic rings. The fourth-order valence-electron chi connectivity index (χ4n) is 2.98. The van der Waals surface area contributed by atoms with Gasteiger partial charge >= 0.3 is 0 Å². The summed E-state index contributed by atoms with van der Waals surface area (Å²) in [5.41, 5.74) is 2.08. The molecule has 1 amide bonds. The third-order valence-electron chi connectivity index (χ3n) is 4.64. The first-order valence-corrected chi connectivity index (χ1v) is 10.1. The predicted octanol–water partition coefficient (Wildman–Crippen LogP) is 4.15. The number of nitrogens with one attached hydrogen (secondary N) is 1. The number of hydrogen-bond acceptors (Lipinski definition) is 8. The summed E-state index contributed by atoms with van der Waals surface area (Å²) < 4.78 is 6.68. The van der Waals surface area contributed by atoms with Crippen molar-refractivity contribution < 1.29 is 9.53 Å². The van der Waals surface area contributed by atoms with E-state index >= 15 is 0 Å². The van der Waals surface area contributed by atoms with Crippen LogP contribution >= 0.6 is 0 Å². The van der Waals surface area contributed by atoms with E-state index in [9.17, 15) is 10.1 Å². The summed E-state index contributed by atoms with van der Waals surface area (Å²) in [6, 6.07) is 12.7. The molecule has 0 fully saturated rings. The molecule has 1 atom stereocenters. The highest BCUT2D eigenvalue weighted by Gasteiger charge is 2.14. The highest BCUT2D eigenvalue weighted by molar-refractivity contribution is 6.01. The van der Waals surface area contributed by atoms with E-state index in [-0.39, 0.29) is 23.3 Å². The van der Waals surface area contributed by atoms with Crippen molar-refractivity contribution in [3.8, 4) is 11.9 Å². The monoisotopic (exact) mass is 444 g/mol. The van der Waals surface area contributed by atoms with Crippen molar-refractivity contribution in [3.63, 3.8) is 0 Å². The maximum Gasteiger partial charge on any atom is 0.250 e. The van der Waals surface area contributed by atoms with E-state index in [1.54, 1.807) is 56.9 Å². The van der Waals surface area contributed by atoms with Crippen LogP contribution in [0.25, 0.3) is 5.82 Å². The molecule has 1 aromatic carbocycles. The van der Waals surface area contributed by atoms with Crippen molar-refractivity contribution >= 4 is 28.8 Å². The lowest BCUT2D eigenvalue weighted by atomic mass is 10.2. The van der Waals surface area contributed by atoms with Gasteiger partial charge in [-0.05, 0) is 43.3 Å². The zero-order chi connectivity index (χ0) is 23.8. The smallest absolute Gasteiger partial charge is 0.250 e. The number of aromatic nitrogens is 3. The van der Waals surface area contributed by atoms with E-state index in [2.05, 4.69) is 38.3 Å². The second-order valence-corrected chi connectivity index (χ2v) is 7.11. The number of pyridine rings is 1. The molecule has 0 saturated heterocycles. The molecule has 1 N–H and O–H groups in total. The van der Waals surface area contributed by atoms with E-state index < -0.39 is 0 Å². The number of likely N-dealkylation sites (N-methyl/N-ethyl adjacent to an activating group) is 1. The number of carbonyl (C=O) groups excluding carboxylic acids is 1. The molecular formula is C23H24N8O2. The van der Waals surface area contributed by atoms with Gasteiger partial charge in [0.15, 0.2) is 5.82 Å². The van der Waals surface area contributed by atoms with Crippen molar-refractivity contribution in [2.75, 3.05) is 31.0 Å². The number of ether oxygens (including phenoxy) is 1. The molecule has 3 rings (SSSR count). The van der Waals surface area contributed by atoms with Crippen LogP contribution in [0.5, 0.6) is 0 Å². The van der Waals surface area contributed by atoms with E-state index in [1.165, 1.54) is 15.7 Å². The minimum atomic E-state index is -0.237. The van der Waals surface area contributed by atoms with Crippen LogP contribution in [0.15, 0.2) is 71.7 Å². The average molecular weight is 444 g/mol. The molecule has 2 aromatic heterocycles. The van der Waals surface area contributed by atoms with Gasteiger partial charge in [-0.15, -0.1) is 15.3 Å². The Labute approximate surface area is 191 Å². The fraction of sp³-hybridized carbons (Fsp3) is 0.217. The van der Waals surface area contributed by atoms with Gasteiger partial charge in [0.2, 0.25) is 11.7 Å². The SMILES string of the molecule is C=CC(=O)N(C)c1ccc(N=Nc2nn(-c3ccccn3)cc2C#N)c(NC(C)COC)c1. The Balaban J connectivity index is 1.96. The summed E-state index contributed by atoms with van der Waals surface area (Å²) in [6.07, 6.45) is 4.43. The van der Waals surface area contributed by atoms with Gasteiger partial charge in [0.1, 0.15) is 17.3 Å². The fourth-order valence-corrected chi connectivity index (χ4v) is 2.98. The van der Waals surface area contributed by atoms with Crippen LogP contribution in [0.4, 0.5) is 22.9 Å². The summed E-state index contributed by atoms with van der Waals surface area (Å²) >= 11 is 0. The lowest BCUT2D eigenvalue weighted by Crippen LogP contribution is -2.24. The Morgan fingerprint density at radius 3 is 2.88 bits per heavy atom. The lowest BCUT2D eigenvalue weighted by molar-refractivity contribution is -0.113. The normalized spacial score (nSPS) is 11.7. The first-order chi connectivity index (χ1) is 16.0. The highest BCUT2D eigenvalue weighted by atomic mass is 16.5. The van der Waals surface area contributed by atoms with Crippen LogP contribution in [0.1, 0.15) is 12.5 Å². The Morgan fingerprint density at radius 1 is 1.39 bits per heavy atom.